The van der Waals surface area contributed by atoms with Gasteiger partial charge in [0.05, 0.1) is 18.4 Å². The summed E-state index contributed by atoms with van der Waals surface area (Å²) in [6, 6.07) is 8.05. The second-order valence-electron chi connectivity index (χ2n) is 8.10. The highest BCUT2D eigenvalue weighted by molar-refractivity contribution is 5.85. The molecule has 0 spiro atoms. The number of hydrogen-bond donors (Lipinski definition) is 0. The van der Waals surface area contributed by atoms with Crippen molar-refractivity contribution in [1.29, 1.82) is 0 Å². The molecule has 1 aromatic carbocycles. The molecule has 1 atom stereocenters. The van der Waals surface area contributed by atoms with E-state index in [0.717, 1.165) is 29.5 Å². The monoisotopic (exact) mass is 410 g/mol. The van der Waals surface area contributed by atoms with Crippen molar-refractivity contribution in [2.24, 2.45) is 5.41 Å². The van der Waals surface area contributed by atoms with Crippen LogP contribution in [0.1, 0.15) is 24.8 Å². The Labute approximate surface area is 178 Å². The number of piperidine rings is 1. The lowest BCUT2D eigenvalue weighted by molar-refractivity contribution is -0.147. The minimum atomic E-state index is -0.657. The molecule has 30 heavy (non-hydrogen) atoms. The number of aromatic nitrogens is 2. The first-order chi connectivity index (χ1) is 14.5. The molecule has 0 N–H and O–H groups in total. The van der Waals surface area contributed by atoms with E-state index in [2.05, 4.69) is 16.0 Å². The summed E-state index contributed by atoms with van der Waals surface area (Å²) >= 11 is 0. The van der Waals surface area contributed by atoms with E-state index >= 15 is 0 Å². The van der Waals surface area contributed by atoms with Crippen LogP contribution in [0.25, 0.3) is 11.1 Å². The number of amides is 2. The lowest BCUT2D eigenvalue weighted by Crippen LogP contribution is -2.54. The van der Waals surface area contributed by atoms with Crippen molar-refractivity contribution in [2.45, 2.75) is 25.7 Å². The van der Waals surface area contributed by atoms with Gasteiger partial charge < -0.3 is 14.5 Å². The molecule has 1 aromatic heterocycles. The summed E-state index contributed by atoms with van der Waals surface area (Å²) in [5.74, 6) is 0.100. The van der Waals surface area contributed by atoms with Gasteiger partial charge in [-0.1, -0.05) is 24.3 Å². The second-order valence-corrected chi connectivity index (χ2v) is 8.10. The Morgan fingerprint density at radius 1 is 1.20 bits per heavy atom. The first-order valence-corrected chi connectivity index (χ1v) is 10.3. The maximum Gasteiger partial charge on any atom is 0.230 e. The molecule has 160 valence electrons. The zero-order valence-corrected chi connectivity index (χ0v) is 18.0. The van der Waals surface area contributed by atoms with Crippen LogP contribution in [0.15, 0.2) is 43.0 Å². The third kappa shape index (κ3) is 4.84. The third-order valence-electron chi connectivity index (χ3n) is 5.73. The lowest BCUT2D eigenvalue weighted by atomic mass is 9.73. The van der Waals surface area contributed by atoms with Gasteiger partial charge in [-0.05, 0) is 30.4 Å². The van der Waals surface area contributed by atoms with Gasteiger partial charge in [-0.15, -0.1) is 0 Å². The van der Waals surface area contributed by atoms with Crippen molar-refractivity contribution >= 4 is 11.8 Å². The van der Waals surface area contributed by atoms with Crippen LogP contribution in [-0.4, -0.2) is 72.5 Å². The molecular formula is C23H30N4O3. The van der Waals surface area contributed by atoms with Gasteiger partial charge in [-0.2, -0.15) is 0 Å². The number of carbonyl (C=O) groups excluding carboxylic acids is 2. The van der Waals surface area contributed by atoms with E-state index in [-0.39, 0.29) is 11.8 Å². The Bertz CT molecular complexity index is 872. The Morgan fingerprint density at radius 2 is 1.93 bits per heavy atom. The van der Waals surface area contributed by atoms with Crippen LogP contribution < -0.4 is 0 Å². The molecule has 0 bridgehead atoms. The molecule has 7 heteroatoms. The Hall–Kier alpha value is -2.80. The van der Waals surface area contributed by atoms with Gasteiger partial charge in [0.2, 0.25) is 11.8 Å². The number of likely N-dealkylation sites (tertiary alicyclic amines) is 1. The number of methoxy groups -OCH3 is 1. The van der Waals surface area contributed by atoms with E-state index in [1.54, 1.807) is 38.5 Å². The van der Waals surface area contributed by atoms with Crippen LogP contribution in [0, 0.1) is 5.41 Å². The van der Waals surface area contributed by atoms with E-state index in [1.165, 1.54) is 6.33 Å². The number of benzene rings is 1. The molecule has 7 nitrogen and oxygen atoms in total. The normalized spacial score (nSPS) is 18.8. The number of rotatable bonds is 7. The standard InChI is InChI=1S/C23H30N4O3/c1-26(2)22(29)23(10-6-11-27(16-23)21(28)9-12-30-3)13-18-7-4-5-8-20(18)19-14-24-17-25-15-19/h4-5,7-8,14-15,17H,6,9-13,16H2,1-3H3/t23-/m0/s1. The molecule has 1 fully saturated rings. The van der Waals surface area contributed by atoms with Crippen LogP contribution in [0.5, 0.6) is 0 Å². The maximum absolute atomic E-state index is 13.4. The molecule has 2 aromatic rings. The number of nitrogens with zero attached hydrogens (tertiary/aromatic N) is 4. The molecule has 0 aliphatic carbocycles. The maximum atomic E-state index is 13.4. The summed E-state index contributed by atoms with van der Waals surface area (Å²) < 4.78 is 5.07. The molecule has 0 saturated carbocycles. The minimum Gasteiger partial charge on any atom is -0.384 e. The van der Waals surface area contributed by atoms with Crippen molar-refractivity contribution in [1.82, 2.24) is 19.8 Å². The quantitative estimate of drug-likeness (QED) is 0.701. The molecule has 2 amide bonds. The fourth-order valence-electron chi connectivity index (χ4n) is 4.32. The first kappa shape index (κ1) is 21.9. The predicted molar refractivity (Wildman–Crippen MR) is 115 cm³/mol. The van der Waals surface area contributed by atoms with Crippen molar-refractivity contribution in [3.05, 3.63) is 48.5 Å². The van der Waals surface area contributed by atoms with Crippen LogP contribution in [0.4, 0.5) is 0 Å². The van der Waals surface area contributed by atoms with E-state index in [0.29, 0.717) is 32.5 Å². The summed E-state index contributed by atoms with van der Waals surface area (Å²) in [5.41, 5.74) is 2.35. The number of carbonyl (C=O) groups is 2. The summed E-state index contributed by atoms with van der Waals surface area (Å²) in [5, 5.41) is 0. The Morgan fingerprint density at radius 3 is 2.63 bits per heavy atom. The SMILES string of the molecule is COCCC(=O)N1CCC[C@@](Cc2ccccc2-c2cncnc2)(C(=O)N(C)C)C1. The summed E-state index contributed by atoms with van der Waals surface area (Å²) in [6.07, 6.45) is 7.52. The molecule has 1 saturated heterocycles. The lowest BCUT2D eigenvalue weighted by Gasteiger charge is -2.43. The highest BCUT2D eigenvalue weighted by atomic mass is 16.5. The molecule has 0 unspecified atom stereocenters. The average molecular weight is 411 g/mol. The molecule has 2 heterocycles. The smallest absolute Gasteiger partial charge is 0.230 e. The van der Waals surface area contributed by atoms with Crippen LogP contribution in [-0.2, 0) is 20.7 Å². The van der Waals surface area contributed by atoms with Gasteiger partial charge in [0.1, 0.15) is 6.33 Å². The van der Waals surface area contributed by atoms with Crippen molar-refractivity contribution in [2.75, 3.05) is 40.9 Å². The molecule has 1 aliphatic rings. The first-order valence-electron chi connectivity index (χ1n) is 10.3. The minimum absolute atomic E-state index is 0.0391. The molecule has 1 aliphatic heterocycles. The third-order valence-corrected chi connectivity index (χ3v) is 5.73. The van der Waals surface area contributed by atoms with Crippen LogP contribution >= 0.6 is 0 Å². The predicted octanol–water partition coefficient (Wildman–Crippen LogP) is 2.42. The van der Waals surface area contributed by atoms with Crippen LogP contribution in [0.3, 0.4) is 0 Å². The highest BCUT2D eigenvalue weighted by Crippen LogP contribution is 2.38. The van der Waals surface area contributed by atoms with Gasteiger partial charge >= 0.3 is 0 Å². The zero-order valence-electron chi connectivity index (χ0n) is 18.0. The van der Waals surface area contributed by atoms with Gasteiger partial charge in [-0.25, -0.2) is 9.97 Å². The summed E-state index contributed by atoms with van der Waals surface area (Å²) in [6.45, 7) is 1.49. The zero-order chi connectivity index (χ0) is 21.6. The average Bonchev–Trinajstić information content (AvgIpc) is 2.78. The fourth-order valence-corrected chi connectivity index (χ4v) is 4.32. The fraction of sp³-hybridized carbons (Fsp3) is 0.478. The van der Waals surface area contributed by atoms with E-state index in [1.807, 2.05) is 23.1 Å². The van der Waals surface area contributed by atoms with E-state index < -0.39 is 5.41 Å². The van der Waals surface area contributed by atoms with E-state index in [4.69, 9.17) is 4.74 Å². The Kier molecular flexibility index (Phi) is 7.15. The van der Waals surface area contributed by atoms with Gasteiger partial charge in [0.25, 0.3) is 0 Å². The number of hydrogen-bond acceptors (Lipinski definition) is 5. The topological polar surface area (TPSA) is 75.6 Å². The second kappa shape index (κ2) is 9.80. The van der Waals surface area contributed by atoms with Crippen molar-refractivity contribution in [3.63, 3.8) is 0 Å². The Balaban J connectivity index is 1.94. The molecule has 3 rings (SSSR count). The van der Waals surface area contributed by atoms with Crippen molar-refractivity contribution in [3.8, 4) is 11.1 Å². The van der Waals surface area contributed by atoms with Crippen LogP contribution in [0.2, 0.25) is 0 Å². The highest BCUT2D eigenvalue weighted by Gasteiger charge is 2.44. The van der Waals surface area contributed by atoms with Crippen molar-refractivity contribution < 1.29 is 14.3 Å². The summed E-state index contributed by atoms with van der Waals surface area (Å²) in [7, 11) is 5.16. The van der Waals surface area contributed by atoms with Gasteiger partial charge in [-0.3, -0.25) is 9.59 Å². The molecule has 0 radical (unpaired) electrons. The van der Waals surface area contributed by atoms with Gasteiger partial charge in [0, 0.05) is 52.3 Å². The number of ether oxygens (including phenoxy) is 1. The van der Waals surface area contributed by atoms with Gasteiger partial charge in [0.15, 0.2) is 0 Å². The van der Waals surface area contributed by atoms with E-state index in [9.17, 15) is 9.59 Å². The summed E-state index contributed by atoms with van der Waals surface area (Å²) in [4.78, 5) is 37.8. The largest absolute Gasteiger partial charge is 0.384 e. The molecular weight excluding hydrogens is 380 g/mol.